The lowest BCUT2D eigenvalue weighted by Crippen LogP contribution is -2.58. The van der Waals surface area contributed by atoms with Crippen LogP contribution >= 0.6 is 0 Å². The molecule has 14 nitrogen and oxygen atoms in total. The summed E-state index contributed by atoms with van der Waals surface area (Å²) in [6.45, 7) is 5.05. The number of hydrogen-bond donors (Lipinski definition) is 3. The van der Waals surface area contributed by atoms with Crippen molar-refractivity contribution in [1.29, 1.82) is 0 Å². The average molecular weight is 830 g/mol. The van der Waals surface area contributed by atoms with Gasteiger partial charge in [0.1, 0.15) is 46.2 Å². The molecule has 3 N–H and O–H groups in total. The molecule has 0 radical (unpaired) electrons. The minimum Gasteiger partial charge on any atom is -0.484 e. The number of hydrogen-bond acceptors (Lipinski definition) is 10. The molecular formula is C43H48FN5O9S. The van der Waals surface area contributed by atoms with Gasteiger partial charge in [0, 0.05) is 29.4 Å². The van der Waals surface area contributed by atoms with Crippen molar-refractivity contribution >= 4 is 55.9 Å². The Balaban J connectivity index is 1.15. The number of sulfonamides is 1. The lowest BCUT2D eigenvalue weighted by molar-refractivity contribution is -0.141. The third-order valence-corrected chi connectivity index (χ3v) is 13.1. The minimum atomic E-state index is -3.93. The summed E-state index contributed by atoms with van der Waals surface area (Å²) in [7, 11) is -3.93. The molecule has 4 aromatic rings. The van der Waals surface area contributed by atoms with Gasteiger partial charge < -0.3 is 29.4 Å². The Morgan fingerprint density at radius 3 is 2.56 bits per heavy atom. The Morgan fingerprint density at radius 1 is 1.03 bits per heavy atom. The van der Waals surface area contributed by atoms with Gasteiger partial charge in [-0.15, -0.1) is 0 Å². The SMILES string of the molecule is CC(C)(C)OC(=O)N[C@H]1CCCCC/C=C\[C@@H]2C[C@@]2(C(=O)NS(=O)(=O)C2CC2)NC(=O)[C@@H]2C[C@@H](Oc3cc(-c4ccccc4)nc4c3oc3ccc(F)cc34)CN2C1=O. The Kier molecular flexibility index (Phi) is 10.6. The molecule has 2 saturated carbocycles. The summed E-state index contributed by atoms with van der Waals surface area (Å²) in [6.07, 6.45) is 6.24. The molecule has 16 heteroatoms. The molecule has 3 fully saturated rings. The highest BCUT2D eigenvalue weighted by atomic mass is 32.2. The maximum Gasteiger partial charge on any atom is 0.408 e. The van der Waals surface area contributed by atoms with E-state index in [9.17, 15) is 32.0 Å². The molecule has 2 aromatic heterocycles. The number of nitrogens with zero attached hydrogens (tertiary/aromatic N) is 2. The molecule has 8 rings (SSSR count). The van der Waals surface area contributed by atoms with Crippen molar-refractivity contribution in [1.82, 2.24) is 25.2 Å². The van der Waals surface area contributed by atoms with E-state index in [1.165, 1.54) is 23.1 Å². The highest BCUT2D eigenvalue weighted by Crippen LogP contribution is 2.46. The summed E-state index contributed by atoms with van der Waals surface area (Å²) in [5.41, 5.74) is -0.123. The van der Waals surface area contributed by atoms with Gasteiger partial charge in [-0.2, -0.15) is 0 Å². The summed E-state index contributed by atoms with van der Waals surface area (Å²) in [5.74, 6) is -2.72. The van der Waals surface area contributed by atoms with Gasteiger partial charge in [0.2, 0.25) is 21.8 Å². The van der Waals surface area contributed by atoms with Crippen molar-refractivity contribution in [3.63, 3.8) is 0 Å². The average Bonchev–Trinajstić information content (AvgIpc) is 4.08. The predicted octanol–water partition coefficient (Wildman–Crippen LogP) is 6.03. The van der Waals surface area contributed by atoms with Crippen molar-refractivity contribution in [3.8, 4) is 17.0 Å². The number of nitrogens with one attached hydrogen (secondary N) is 3. The Bertz CT molecular complexity index is 2450. The summed E-state index contributed by atoms with van der Waals surface area (Å²) in [6, 6.07) is 12.9. The number of aromatic nitrogens is 1. The molecule has 0 bridgehead atoms. The van der Waals surface area contributed by atoms with Crippen LogP contribution in [-0.2, 0) is 29.1 Å². The van der Waals surface area contributed by atoms with Crippen LogP contribution in [0.25, 0.3) is 33.3 Å². The van der Waals surface area contributed by atoms with E-state index in [4.69, 9.17) is 18.9 Å². The van der Waals surface area contributed by atoms with Crippen LogP contribution in [0.2, 0.25) is 0 Å². The summed E-state index contributed by atoms with van der Waals surface area (Å²) >= 11 is 0. The number of halogens is 1. The van der Waals surface area contributed by atoms with E-state index < -0.39 is 80.2 Å². The molecule has 1 saturated heterocycles. The number of alkyl carbamates (subject to hydrolysis) is 1. The number of rotatable bonds is 7. The van der Waals surface area contributed by atoms with Crippen LogP contribution in [-0.4, -0.2) is 83.2 Å². The quantitative estimate of drug-likeness (QED) is 0.186. The first-order valence-corrected chi connectivity index (χ1v) is 21.7. The number of pyridine rings is 1. The molecule has 4 aliphatic rings. The maximum absolute atomic E-state index is 14.7. The number of benzene rings is 2. The summed E-state index contributed by atoms with van der Waals surface area (Å²) in [4.78, 5) is 62.3. The van der Waals surface area contributed by atoms with Crippen molar-refractivity contribution in [2.24, 2.45) is 5.92 Å². The number of fused-ring (bicyclic) bond motifs is 5. The van der Waals surface area contributed by atoms with Crippen molar-refractivity contribution < 1.29 is 45.9 Å². The number of allylic oxidation sites excluding steroid dienone is 1. The number of carbonyl (C=O) groups is 4. The molecular weight excluding hydrogens is 782 g/mol. The molecule has 59 heavy (non-hydrogen) atoms. The molecule has 5 atom stereocenters. The van der Waals surface area contributed by atoms with Crippen LogP contribution < -0.4 is 20.1 Å². The molecule has 0 spiro atoms. The predicted molar refractivity (Wildman–Crippen MR) is 216 cm³/mol. The molecule has 0 unspecified atom stereocenters. The molecule has 4 amide bonds. The fourth-order valence-electron chi connectivity index (χ4n) is 8.00. The van der Waals surface area contributed by atoms with Crippen LogP contribution in [0.3, 0.4) is 0 Å². The van der Waals surface area contributed by atoms with Gasteiger partial charge in [0.15, 0.2) is 11.3 Å². The lowest BCUT2D eigenvalue weighted by atomic mass is 10.0. The van der Waals surface area contributed by atoms with E-state index in [0.717, 1.165) is 18.4 Å². The molecule has 4 heterocycles. The smallest absolute Gasteiger partial charge is 0.408 e. The highest BCUT2D eigenvalue weighted by Gasteiger charge is 2.62. The number of carbonyl (C=O) groups excluding carboxylic acids is 4. The Morgan fingerprint density at radius 2 is 1.81 bits per heavy atom. The lowest BCUT2D eigenvalue weighted by Gasteiger charge is -2.30. The van der Waals surface area contributed by atoms with E-state index in [0.29, 0.717) is 47.9 Å². The molecule has 2 aliphatic heterocycles. The van der Waals surface area contributed by atoms with E-state index in [1.54, 1.807) is 26.8 Å². The van der Waals surface area contributed by atoms with E-state index >= 15 is 0 Å². The van der Waals surface area contributed by atoms with Gasteiger partial charge in [-0.3, -0.25) is 19.1 Å². The second-order valence-corrected chi connectivity index (χ2v) is 18.9. The van der Waals surface area contributed by atoms with E-state index in [-0.39, 0.29) is 37.1 Å². The molecule has 2 aliphatic carbocycles. The number of amides is 4. The van der Waals surface area contributed by atoms with Crippen LogP contribution in [0.4, 0.5) is 9.18 Å². The van der Waals surface area contributed by atoms with Gasteiger partial charge >= 0.3 is 6.09 Å². The summed E-state index contributed by atoms with van der Waals surface area (Å²) in [5, 5.41) is 5.39. The van der Waals surface area contributed by atoms with Crippen molar-refractivity contribution in [3.05, 3.63) is 72.6 Å². The highest BCUT2D eigenvalue weighted by molar-refractivity contribution is 7.91. The minimum absolute atomic E-state index is 0.0331. The first-order valence-electron chi connectivity index (χ1n) is 20.2. The fourth-order valence-corrected chi connectivity index (χ4v) is 9.36. The van der Waals surface area contributed by atoms with Gasteiger partial charge in [-0.25, -0.2) is 22.6 Å². The van der Waals surface area contributed by atoms with Gasteiger partial charge in [-0.05, 0) is 77.5 Å². The fraction of sp³-hybridized carbons (Fsp3) is 0.465. The van der Waals surface area contributed by atoms with Crippen molar-refractivity contribution in [2.45, 2.75) is 113 Å². The second kappa shape index (κ2) is 15.6. The first-order chi connectivity index (χ1) is 28.1. The summed E-state index contributed by atoms with van der Waals surface area (Å²) < 4.78 is 60.9. The zero-order chi connectivity index (χ0) is 41.7. The first kappa shape index (κ1) is 40.3. The zero-order valence-corrected chi connectivity index (χ0v) is 34.0. The third kappa shape index (κ3) is 8.63. The normalized spacial score (nSPS) is 25.9. The Labute approximate surface area is 341 Å². The molecule has 312 valence electrons. The number of furan rings is 1. The van der Waals surface area contributed by atoms with Crippen molar-refractivity contribution in [2.75, 3.05) is 6.54 Å². The van der Waals surface area contributed by atoms with Gasteiger partial charge in [0.05, 0.1) is 17.5 Å². The van der Waals surface area contributed by atoms with Crippen LogP contribution in [0.5, 0.6) is 5.75 Å². The molecule has 2 aromatic carbocycles. The van der Waals surface area contributed by atoms with Crippen LogP contribution in [0.15, 0.2) is 71.2 Å². The maximum atomic E-state index is 14.7. The monoisotopic (exact) mass is 829 g/mol. The Hall–Kier alpha value is -5.51. The third-order valence-electron chi connectivity index (χ3n) is 11.2. The van der Waals surface area contributed by atoms with Gasteiger partial charge in [0.25, 0.3) is 5.91 Å². The topological polar surface area (TPSA) is 186 Å². The van der Waals surface area contributed by atoms with Crippen LogP contribution in [0.1, 0.15) is 78.6 Å². The number of ether oxygens (including phenoxy) is 2. The van der Waals surface area contributed by atoms with Crippen LogP contribution in [0, 0.1) is 11.7 Å². The second-order valence-electron chi connectivity index (χ2n) is 17.0. The standard InChI is InChI=1S/C43H48FN5O9S/c1-42(2,3)58-41(53)46-31-15-11-6-4-5-10-14-26-23-43(26,40(52)48-59(54,55)29-17-18-29)47-38(50)33-21-28(24-49(33)39(31)51)56-35-22-32(25-12-8-7-9-13-25)45-36-30-20-27(44)16-19-34(30)57-37(35)36/h7-10,12-14,16,19-20,22,26,28-29,31,33H,4-6,11,15,17-18,21,23-24H2,1-3H3,(H,46,53)(H,47,50)(H,48,52)/b14-10-/t26-,28-,31+,33+,43-/m1/s1. The zero-order valence-electron chi connectivity index (χ0n) is 33.2. The van der Waals surface area contributed by atoms with Gasteiger partial charge in [-0.1, -0.05) is 55.3 Å². The van der Waals surface area contributed by atoms with E-state index in [1.807, 2.05) is 42.5 Å². The van der Waals surface area contributed by atoms with E-state index in [2.05, 4.69) is 15.4 Å². The largest absolute Gasteiger partial charge is 0.484 e.